The third-order valence-electron chi connectivity index (χ3n) is 4.40. The van der Waals surface area contributed by atoms with E-state index in [1.165, 1.54) is 0 Å². The fraction of sp³-hybridized carbons (Fsp3) is 0.182. The topological polar surface area (TPSA) is 48.4 Å². The highest BCUT2D eigenvalue weighted by molar-refractivity contribution is 6.16. The van der Waals surface area contributed by atoms with Crippen molar-refractivity contribution >= 4 is 38.5 Å². The van der Waals surface area contributed by atoms with Gasteiger partial charge in [-0.05, 0) is 48.9 Å². The molecule has 4 heteroatoms. The van der Waals surface area contributed by atoms with E-state index in [1.807, 2.05) is 68.4 Å². The number of esters is 1. The van der Waals surface area contributed by atoms with Gasteiger partial charge in [-0.25, -0.2) is 9.78 Å². The van der Waals surface area contributed by atoms with Gasteiger partial charge in [0, 0.05) is 16.8 Å². The Morgan fingerprint density at radius 2 is 1.62 bits per heavy atom. The van der Waals surface area contributed by atoms with E-state index in [9.17, 15) is 4.79 Å². The molecule has 0 radical (unpaired) electrons. The Bertz CT molecular complexity index is 1130. The summed E-state index contributed by atoms with van der Waals surface area (Å²) in [5, 5.41) is 3.73. The first-order chi connectivity index (χ1) is 12.7. The smallest absolute Gasteiger partial charge is 0.339 e. The van der Waals surface area contributed by atoms with E-state index in [-0.39, 0.29) is 5.97 Å². The quantitative estimate of drug-likeness (QED) is 0.381. The molecule has 4 rings (SSSR count). The molecule has 1 heterocycles. The van der Waals surface area contributed by atoms with Crippen LogP contribution in [-0.4, -0.2) is 24.2 Å². The van der Waals surface area contributed by atoms with Crippen LogP contribution in [0.4, 0.5) is 0 Å². The zero-order chi connectivity index (χ0) is 18.1. The molecule has 0 aliphatic carbocycles. The van der Waals surface area contributed by atoms with Crippen LogP contribution in [0.3, 0.4) is 0 Å². The standard InChI is InChI=1S/C22H19NO3/c1-3-25-16-9-10-17-20(13-16)23-19-12-15-8-6-5-7-14(15)11-18(19)21(17)22(24)26-4-2/h5-13H,3-4H2,1-2H3. The molecule has 0 aliphatic rings. The average Bonchev–Trinajstić information content (AvgIpc) is 2.65. The van der Waals surface area contributed by atoms with E-state index in [2.05, 4.69) is 0 Å². The summed E-state index contributed by atoms with van der Waals surface area (Å²) < 4.78 is 10.9. The summed E-state index contributed by atoms with van der Waals surface area (Å²) in [4.78, 5) is 17.5. The summed E-state index contributed by atoms with van der Waals surface area (Å²) in [5.41, 5.74) is 2.05. The summed E-state index contributed by atoms with van der Waals surface area (Å²) in [6, 6.07) is 17.7. The Kier molecular flexibility index (Phi) is 4.17. The van der Waals surface area contributed by atoms with Gasteiger partial charge in [-0.2, -0.15) is 0 Å². The Morgan fingerprint density at radius 1 is 0.885 bits per heavy atom. The number of fused-ring (bicyclic) bond motifs is 3. The van der Waals surface area contributed by atoms with Gasteiger partial charge in [0.15, 0.2) is 0 Å². The van der Waals surface area contributed by atoms with Gasteiger partial charge in [-0.3, -0.25) is 0 Å². The molecule has 1 aromatic heterocycles. The lowest BCUT2D eigenvalue weighted by molar-refractivity contribution is 0.0531. The molecular weight excluding hydrogens is 326 g/mol. The molecule has 0 aliphatic heterocycles. The van der Waals surface area contributed by atoms with Crippen LogP contribution in [0.25, 0.3) is 32.6 Å². The number of nitrogens with zero attached hydrogens (tertiary/aromatic N) is 1. The van der Waals surface area contributed by atoms with Gasteiger partial charge >= 0.3 is 5.97 Å². The van der Waals surface area contributed by atoms with Gasteiger partial charge in [0.1, 0.15) is 5.75 Å². The molecule has 0 fully saturated rings. The number of ether oxygens (including phenoxy) is 2. The Hall–Kier alpha value is -3.14. The zero-order valence-electron chi connectivity index (χ0n) is 14.8. The molecule has 4 nitrogen and oxygen atoms in total. The maximum absolute atomic E-state index is 12.7. The first-order valence-corrected chi connectivity index (χ1v) is 8.77. The van der Waals surface area contributed by atoms with E-state index in [0.29, 0.717) is 18.8 Å². The summed E-state index contributed by atoms with van der Waals surface area (Å²) in [5.74, 6) is 0.409. The predicted octanol–water partition coefficient (Wildman–Crippen LogP) is 5.12. The Labute approximate surface area is 151 Å². The number of rotatable bonds is 4. The molecule has 4 aromatic rings. The summed E-state index contributed by atoms with van der Waals surface area (Å²) in [7, 11) is 0. The van der Waals surface area contributed by atoms with E-state index < -0.39 is 0 Å². The monoisotopic (exact) mass is 345 g/mol. The van der Waals surface area contributed by atoms with E-state index >= 15 is 0 Å². The zero-order valence-corrected chi connectivity index (χ0v) is 14.8. The van der Waals surface area contributed by atoms with Crippen molar-refractivity contribution in [1.82, 2.24) is 4.98 Å². The van der Waals surface area contributed by atoms with Crippen LogP contribution in [0.5, 0.6) is 5.75 Å². The van der Waals surface area contributed by atoms with Gasteiger partial charge < -0.3 is 9.47 Å². The number of aromatic nitrogens is 1. The number of pyridine rings is 1. The summed E-state index contributed by atoms with van der Waals surface area (Å²) >= 11 is 0. The van der Waals surface area contributed by atoms with E-state index in [4.69, 9.17) is 14.5 Å². The van der Waals surface area contributed by atoms with Crippen LogP contribution >= 0.6 is 0 Å². The minimum absolute atomic E-state index is 0.328. The molecule has 0 spiro atoms. The lowest BCUT2D eigenvalue weighted by Gasteiger charge is -2.12. The highest BCUT2D eigenvalue weighted by atomic mass is 16.5. The molecule has 26 heavy (non-hydrogen) atoms. The minimum Gasteiger partial charge on any atom is -0.494 e. The lowest BCUT2D eigenvalue weighted by Crippen LogP contribution is -2.07. The molecule has 0 unspecified atom stereocenters. The fourth-order valence-electron chi connectivity index (χ4n) is 3.29. The van der Waals surface area contributed by atoms with Crippen molar-refractivity contribution in [3.63, 3.8) is 0 Å². The van der Waals surface area contributed by atoms with Crippen molar-refractivity contribution < 1.29 is 14.3 Å². The summed E-state index contributed by atoms with van der Waals surface area (Å²) in [6.45, 7) is 4.66. The van der Waals surface area contributed by atoms with Crippen LogP contribution in [-0.2, 0) is 4.74 Å². The fourth-order valence-corrected chi connectivity index (χ4v) is 3.29. The molecule has 0 saturated heterocycles. The number of carbonyl (C=O) groups excluding carboxylic acids is 1. The minimum atomic E-state index is -0.329. The van der Waals surface area contributed by atoms with Crippen molar-refractivity contribution in [3.05, 3.63) is 60.2 Å². The van der Waals surface area contributed by atoms with Gasteiger partial charge in [-0.15, -0.1) is 0 Å². The molecule has 0 amide bonds. The average molecular weight is 345 g/mol. The SMILES string of the molecule is CCOC(=O)c1c2ccc(OCC)cc2nc2cc3ccccc3cc12. The maximum atomic E-state index is 12.7. The molecule has 0 N–H and O–H groups in total. The number of benzene rings is 3. The number of hydrogen-bond acceptors (Lipinski definition) is 4. The molecule has 0 atom stereocenters. The van der Waals surface area contributed by atoms with Crippen molar-refractivity contribution in [2.45, 2.75) is 13.8 Å². The van der Waals surface area contributed by atoms with Gasteiger partial charge in [0.25, 0.3) is 0 Å². The highest BCUT2D eigenvalue weighted by Crippen LogP contribution is 2.32. The molecule has 3 aromatic carbocycles. The second kappa shape index (κ2) is 6.64. The second-order valence-electron chi connectivity index (χ2n) is 6.04. The van der Waals surface area contributed by atoms with Crippen molar-refractivity contribution in [2.24, 2.45) is 0 Å². The highest BCUT2D eigenvalue weighted by Gasteiger charge is 2.18. The van der Waals surface area contributed by atoms with Crippen LogP contribution < -0.4 is 4.74 Å². The predicted molar refractivity (Wildman–Crippen MR) is 104 cm³/mol. The molecule has 0 bridgehead atoms. The lowest BCUT2D eigenvalue weighted by atomic mass is 9.99. The Morgan fingerprint density at radius 3 is 2.35 bits per heavy atom. The maximum Gasteiger partial charge on any atom is 0.339 e. The molecule has 0 saturated carbocycles. The molecule has 130 valence electrons. The normalized spacial score (nSPS) is 11.2. The number of carbonyl (C=O) groups is 1. The van der Waals surface area contributed by atoms with E-state index in [0.717, 1.165) is 38.3 Å². The second-order valence-corrected chi connectivity index (χ2v) is 6.04. The van der Waals surface area contributed by atoms with Gasteiger partial charge in [0.05, 0.1) is 29.8 Å². The van der Waals surface area contributed by atoms with Crippen LogP contribution in [0.2, 0.25) is 0 Å². The first-order valence-electron chi connectivity index (χ1n) is 8.77. The third-order valence-corrected chi connectivity index (χ3v) is 4.40. The van der Waals surface area contributed by atoms with Crippen LogP contribution in [0.1, 0.15) is 24.2 Å². The number of hydrogen-bond donors (Lipinski definition) is 0. The van der Waals surface area contributed by atoms with Gasteiger partial charge in [0.2, 0.25) is 0 Å². The Balaban J connectivity index is 2.09. The van der Waals surface area contributed by atoms with Gasteiger partial charge in [-0.1, -0.05) is 24.3 Å². The van der Waals surface area contributed by atoms with Crippen molar-refractivity contribution in [3.8, 4) is 5.75 Å². The molecular formula is C22H19NO3. The van der Waals surface area contributed by atoms with E-state index in [1.54, 1.807) is 0 Å². The van der Waals surface area contributed by atoms with Crippen molar-refractivity contribution in [2.75, 3.05) is 13.2 Å². The third kappa shape index (κ3) is 2.73. The van der Waals surface area contributed by atoms with Crippen LogP contribution in [0, 0.1) is 0 Å². The van der Waals surface area contributed by atoms with Crippen molar-refractivity contribution in [1.29, 1.82) is 0 Å². The van der Waals surface area contributed by atoms with Crippen LogP contribution in [0.15, 0.2) is 54.6 Å². The first kappa shape index (κ1) is 16.3. The largest absolute Gasteiger partial charge is 0.494 e. The summed E-state index contributed by atoms with van der Waals surface area (Å²) in [6.07, 6.45) is 0.